The lowest BCUT2D eigenvalue weighted by molar-refractivity contribution is 0.805. The van der Waals surface area contributed by atoms with Gasteiger partial charge in [0.2, 0.25) is 0 Å². The Morgan fingerprint density at radius 2 is 2.30 bits per heavy atom. The Balaban J connectivity index is 2.15. The number of aromatic nitrogens is 2. The Morgan fingerprint density at radius 3 is 3.00 bits per heavy atom. The van der Waals surface area contributed by atoms with Crippen LogP contribution < -0.4 is 11.1 Å². The summed E-state index contributed by atoms with van der Waals surface area (Å²) < 4.78 is 1.99. The number of hydrogen-bond acceptors (Lipinski definition) is 2. The quantitative estimate of drug-likeness (QED) is 0.515. The molecule has 0 unspecified atom stereocenters. The van der Waals surface area contributed by atoms with E-state index in [0.29, 0.717) is 24.1 Å². The largest absolute Gasteiger partial charge is 0.370 e. The zero-order valence-electron chi connectivity index (χ0n) is 11.7. The molecule has 0 bridgehead atoms. The minimum Gasteiger partial charge on any atom is -0.370 e. The van der Waals surface area contributed by atoms with Crippen molar-refractivity contribution in [1.82, 2.24) is 14.9 Å². The van der Waals surface area contributed by atoms with Crippen molar-refractivity contribution in [2.45, 2.75) is 13.5 Å². The van der Waals surface area contributed by atoms with Gasteiger partial charge >= 0.3 is 0 Å². The van der Waals surface area contributed by atoms with Crippen LogP contribution >= 0.6 is 11.6 Å². The summed E-state index contributed by atoms with van der Waals surface area (Å²) in [6.07, 6.45) is 0. The van der Waals surface area contributed by atoms with Gasteiger partial charge in [0.1, 0.15) is 12.4 Å². The molecule has 106 valence electrons. The number of imidazole rings is 1. The van der Waals surface area contributed by atoms with Crippen molar-refractivity contribution in [3.63, 3.8) is 0 Å². The molecule has 0 radical (unpaired) electrons. The van der Waals surface area contributed by atoms with Gasteiger partial charge in [0.15, 0.2) is 5.96 Å². The highest BCUT2D eigenvalue weighted by molar-refractivity contribution is 6.31. The number of aryl methyl sites for hydroxylation is 1. The molecule has 0 aliphatic heterocycles. The molecule has 0 atom stereocenters. The van der Waals surface area contributed by atoms with Gasteiger partial charge in [-0.15, -0.1) is 0 Å². The number of aliphatic imine (C=N–C) groups is 1. The number of guanidine groups is 1. The van der Waals surface area contributed by atoms with Crippen LogP contribution in [0.5, 0.6) is 0 Å². The molecular formula is C14H18ClN5. The van der Waals surface area contributed by atoms with Crippen LogP contribution in [0.2, 0.25) is 5.02 Å². The summed E-state index contributed by atoms with van der Waals surface area (Å²) in [5.41, 5.74) is 8.66. The molecule has 6 heteroatoms. The van der Waals surface area contributed by atoms with Crippen LogP contribution in [0.1, 0.15) is 12.7 Å². The lowest BCUT2D eigenvalue weighted by Gasteiger charge is -2.04. The first-order valence-corrected chi connectivity index (χ1v) is 6.64. The van der Waals surface area contributed by atoms with Crippen LogP contribution in [0, 0.1) is 0 Å². The lowest BCUT2D eigenvalue weighted by atomic mass is 10.3. The number of hydrogen-bond donors (Lipinski definition) is 2. The molecule has 1 heterocycles. The van der Waals surface area contributed by atoms with Crippen molar-refractivity contribution in [3.05, 3.63) is 41.2 Å². The zero-order valence-corrected chi connectivity index (χ0v) is 12.4. The monoisotopic (exact) mass is 291 g/mol. The molecule has 0 spiro atoms. The van der Waals surface area contributed by atoms with Gasteiger partial charge in [-0.3, -0.25) is 0 Å². The smallest absolute Gasteiger partial charge is 0.189 e. The van der Waals surface area contributed by atoms with Crippen molar-refractivity contribution in [1.29, 1.82) is 0 Å². The third-order valence-electron chi connectivity index (χ3n) is 2.90. The molecular weight excluding hydrogens is 274 g/mol. The predicted octanol–water partition coefficient (Wildman–Crippen LogP) is 2.21. The van der Waals surface area contributed by atoms with Gasteiger partial charge in [-0.1, -0.05) is 23.8 Å². The van der Waals surface area contributed by atoms with Crippen molar-refractivity contribution < 1.29 is 0 Å². The van der Waals surface area contributed by atoms with Crippen LogP contribution in [-0.4, -0.2) is 22.1 Å². The van der Waals surface area contributed by atoms with E-state index in [4.69, 9.17) is 17.3 Å². The fraction of sp³-hybridized carbons (Fsp3) is 0.286. The summed E-state index contributed by atoms with van der Waals surface area (Å²) in [4.78, 5) is 8.78. The topological polar surface area (TPSA) is 68.2 Å². The number of fused-ring (bicyclic) bond motifs is 1. The molecule has 5 nitrogen and oxygen atoms in total. The van der Waals surface area contributed by atoms with E-state index in [9.17, 15) is 0 Å². The standard InChI is InChI=1S/C14H18ClN5/c1-9(2)7-17-14(16)18-8-13-19-11-6-10(15)4-5-12(11)20(13)3/h4-6H,1,7-8H2,2-3H3,(H3,16,17,18). The number of nitrogens with zero attached hydrogens (tertiary/aromatic N) is 3. The second kappa shape index (κ2) is 5.96. The third kappa shape index (κ3) is 3.30. The summed E-state index contributed by atoms with van der Waals surface area (Å²) in [6.45, 7) is 6.75. The molecule has 0 saturated heterocycles. The number of benzene rings is 1. The molecule has 0 saturated carbocycles. The maximum atomic E-state index is 5.96. The fourth-order valence-corrected chi connectivity index (χ4v) is 1.98. The summed E-state index contributed by atoms with van der Waals surface area (Å²) in [5.74, 6) is 1.22. The molecule has 2 rings (SSSR count). The van der Waals surface area contributed by atoms with Crippen LogP contribution in [0.15, 0.2) is 35.3 Å². The Morgan fingerprint density at radius 1 is 1.55 bits per heavy atom. The van der Waals surface area contributed by atoms with Gasteiger partial charge in [0.25, 0.3) is 0 Å². The molecule has 0 aliphatic rings. The Labute approximate surface area is 123 Å². The average molecular weight is 292 g/mol. The minimum atomic E-state index is 0.387. The zero-order chi connectivity index (χ0) is 14.7. The lowest BCUT2D eigenvalue weighted by Crippen LogP contribution is -2.32. The maximum Gasteiger partial charge on any atom is 0.189 e. The number of halogens is 1. The third-order valence-corrected chi connectivity index (χ3v) is 3.13. The first-order chi connectivity index (χ1) is 9.47. The Hall–Kier alpha value is -2.01. The predicted molar refractivity (Wildman–Crippen MR) is 83.9 cm³/mol. The van der Waals surface area contributed by atoms with Crippen LogP contribution in [0.4, 0.5) is 0 Å². The second-order valence-corrected chi connectivity index (χ2v) is 5.17. The Kier molecular flexibility index (Phi) is 4.29. The van der Waals surface area contributed by atoms with Crippen LogP contribution in [0.25, 0.3) is 11.0 Å². The number of nitrogens with two attached hydrogens (primary N) is 1. The summed E-state index contributed by atoms with van der Waals surface area (Å²) in [7, 11) is 1.95. The highest BCUT2D eigenvalue weighted by Crippen LogP contribution is 2.19. The number of rotatable bonds is 4. The van der Waals surface area contributed by atoms with Crippen LogP contribution in [0.3, 0.4) is 0 Å². The van der Waals surface area contributed by atoms with Crippen molar-refractivity contribution in [3.8, 4) is 0 Å². The maximum absolute atomic E-state index is 5.96. The summed E-state index contributed by atoms with van der Waals surface area (Å²) in [6, 6.07) is 5.63. The fourth-order valence-electron chi connectivity index (χ4n) is 1.82. The van der Waals surface area contributed by atoms with E-state index in [-0.39, 0.29) is 0 Å². The van der Waals surface area contributed by atoms with E-state index in [2.05, 4.69) is 21.9 Å². The van der Waals surface area contributed by atoms with E-state index in [1.807, 2.05) is 36.7 Å². The van der Waals surface area contributed by atoms with Gasteiger partial charge < -0.3 is 15.6 Å². The van der Waals surface area contributed by atoms with Gasteiger partial charge in [0.05, 0.1) is 11.0 Å². The Bertz CT molecular complexity index is 671. The van der Waals surface area contributed by atoms with Crippen LogP contribution in [-0.2, 0) is 13.6 Å². The minimum absolute atomic E-state index is 0.387. The van der Waals surface area contributed by atoms with E-state index in [0.717, 1.165) is 22.4 Å². The molecule has 3 N–H and O–H groups in total. The molecule has 1 aromatic carbocycles. The first-order valence-electron chi connectivity index (χ1n) is 6.26. The first kappa shape index (κ1) is 14.4. The van der Waals surface area contributed by atoms with Gasteiger partial charge in [0, 0.05) is 18.6 Å². The molecule has 0 fully saturated rings. The number of nitrogens with one attached hydrogen (secondary N) is 1. The highest BCUT2D eigenvalue weighted by Gasteiger charge is 2.07. The van der Waals surface area contributed by atoms with Gasteiger partial charge in [-0.25, -0.2) is 9.98 Å². The molecule has 0 aliphatic carbocycles. The normalized spacial score (nSPS) is 11.8. The summed E-state index contributed by atoms with van der Waals surface area (Å²) in [5, 5.41) is 3.66. The van der Waals surface area contributed by atoms with Crippen molar-refractivity contribution >= 4 is 28.6 Å². The average Bonchev–Trinajstić information content (AvgIpc) is 2.70. The highest BCUT2D eigenvalue weighted by atomic mass is 35.5. The van der Waals surface area contributed by atoms with E-state index >= 15 is 0 Å². The summed E-state index contributed by atoms with van der Waals surface area (Å²) >= 11 is 5.96. The van der Waals surface area contributed by atoms with E-state index < -0.39 is 0 Å². The van der Waals surface area contributed by atoms with Crippen molar-refractivity contribution in [2.75, 3.05) is 6.54 Å². The van der Waals surface area contributed by atoms with E-state index in [1.54, 1.807) is 0 Å². The van der Waals surface area contributed by atoms with Gasteiger partial charge in [-0.2, -0.15) is 0 Å². The van der Waals surface area contributed by atoms with Crippen molar-refractivity contribution in [2.24, 2.45) is 17.8 Å². The van der Waals surface area contributed by atoms with Gasteiger partial charge in [-0.05, 0) is 25.1 Å². The molecule has 20 heavy (non-hydrogen) atoms. The SMILES string of the molecule is C=C(C)CNC(N)=NCc1nc2cc(Cl)ccc2n1C. The molecule has 1 aromatic heterocycles. The van der Waals surface area contributed by atoms with E-state index in [1.165, 1.54) is 0 Å². The molecule has 0 amide bonds. The molecule has 2 aromatic rings. The second-order valence-electron chi connectivity index (χ2n) is 4.73.